The van der Waals surface area contributed by atoms with Crippen LogP contribution in [-0.4, -0.2) is 12.2 Å². The standard InChI is InChI=1S/C18H27NO2/c19-18(20)21-13-6-9-15-12(10-13)5-8-16-14-3-1-2-11(14)4-7-17(15)16/h5,11,13-17H,1-4,6-10H2,(H2,19,20). The fraction of sp³-hybridized carbons (Fsp3) is 0.833. The van der Waals surface area contributed by atoms with Crippen molar-refractivity contribution in [3.8, 4) is 0 Å². The van der Waals surface area contributed by atoms with Gasteiger partial charge in [-0.25, -0.2) is 4.79 Å². The minimum absolute atomic E-state index is 0.0318. The molecular formula is C18H27NO2. The Balaban J connectivity index is 1.50. The molecule has 0 aromatic rings. The summed E-state index contributed by atoms with van der Waals surface area (Å²) in [5.41, 5.74) is 6.75. The van der Waals surface area contributed by atoms with E-state index in [0.717, 1.165) is 42.4 Å². The lowest BCUT2D eigenvalue weighted by atomic mass is 9.57. The molecule has 0 spiro atoms. The Kier molecular flexibility index (Phi) is 3.47. The Morgan fingerprint density at radius 3 is 2.81 bits per heavy atom. The summed E-state index contributed by atoms with van der Waals surface area (Å²) in [4.78, 5) is 11.0. The molecule has 6 atom stereocenters. The highest BCUT2D eigenvalue weighted by Gasteiger charge is 2.47. The van der Waals surface area contributed by atoms with E-state index < -0.39 is 6.09 Å². The van der Waals surface area contributed by atoms with Crippen molar-refractivity contribution in [2.24, 2.45) is 35.3 Å². The van der Waals surface area contributed by atoms with Crippen molar-refractivity contribution in [1.82, 2.24) is 0 Å². The minimum Gasteiger partial charge on any atom is -0.446 e. The van der Waals surface area contributed by atoms with Crippen molar-refractivity contribution in [2.45, 2.75) is 63.9 Å². The largest absolute Gasteiger partial charge is 0.446 e. The fourth-order valence-electron chi connectivity index (χ4n) is 6.12. The summed E-state index contributed by atoms with van der Waals surface area (Å²) in [6, 6.07) is 0. The maximum absolute atomic E-state index is 11.0. The third kappa shape index (κ3) is 2.39. The van der Waals surface area contributed by atoms with Gasteiger partial charge in [-0.3, -0.25) is 0 Å². The van der Waals surface area contributed by atoms with Gasteiger partial charge in [0.2, 0.25) is 0 Å². The first-order valence-electron chi connectivity index (χ1n) is 8.87. The average Bonchev–Trinajstić information content (AvgIpc) is 2.94. The number of hydrogen-bond donors (Lipinski definition) is 1. The predicted molar refractivity (Wildman–Crippen MR) is 81.5 cm³/mol. The molecular weight excluding hydrogens is 262 g/mol. The molecule has 6 unspecified atom stereocenters. The highest BCUT2D eigenvalue weighted by atomic mass is 16.6. The zero-order chi connectivity index (χ0) is 14.4. The molecule has 1 amide bonds. The van der Waals surface area contributed by atoms with E-state index >= 15 is 0 Å². The smallest absolute Gasteiger partial charge is 0.404 e. The van der Waals surface area contributed by atoms with Crippen LogP contribution in [0.1, 0.15) is 57.8 Å². The third-order valence-electron chi connectivity index (χ3n) is 6.88. The molecule has 0 aliphatic heterocycles. The molecule has 3 heteroatoms. The molecule has 4 aliphatic carbocycles. The number of allylic oxidation sites excluding steroid dienone is 1. The molecule has 4 aliphatic rings. The highest BCUT2D eigenvalue weighted by Crippen LogP contribution is 2.56. The number of nitrogens with two attached hydrogens (primary N) is 1. The Bertz CT molecular complexity index is 458. The van der Waals surface area contributed by atoms with Gasteiger partial charge in [0, 0.05) is 6.42 Å². The summed E-state index contributed by atoms with van der Waals surface area (Å²) in [6.45, 7) is 0. The summed E-state index contributed by atoms with van der Waals surface area (Å²) in [6.07, 6.45) is 13.7. The van der Waals surface area contributed by atoms with Crippen LogP contribution >= 0.6 is 0 Å². The Morgan fingerprint density at radius 1 is 1.05 bits per heavy atom. The Labute approximate surface area is 127 Å². The van der Waals surface area contributed by atoms with Gasteiger partial charge >= 0.3 is 6.09 Å². The third-order valence-corrected chi connectivity index (χ3v) is 6.88. The van der Waals surface area contributed by atoms with Crippen LogP contribution in [-0.2, 0) is 4.74 Å². The van der Waals surface area contributed by atoms with E-state index in [1.807, 2.05) is 0 Å². The fourth-order valence-corrected chi connectivity index (χ4v) is 6.12. The first-order chi connectivity index (χ1) is 10.2. The summed E-state index contributed by atoms with van der Waals surface area (Å²) in [7, 11) is 0. The van der Waals surface area contributed by atoms with E-state index in [2.05, 4.69) is 6.08 Å². The van der Waals surface area contributed by atoms with Crippen LogP contribution in [0.15, 0.2) is 11.6 Å². The van der Waals surface area contributed by atoms with Gasteiger partial charge in [0.1, 0.15) is 6.10 Å². The predicted octanol–water partition coefficient (Wildman–Crippen LogP) is 4.02. The average molecular weight is 289 g/mol. The van der Waals surface area contributed by atoms with E-state index in [-0.39, 0.29) is 6.10 Å². The van der Waals surface area contributed by atoms with Crippen molar-refractivity contribution in [1.29, 1.82) is 0 Å². The molecule has 3 saturated carbocycles. The summed E-state index contributed by atoms with van der Waals surface area (Å²) < 4.78 is 5.24. The van der Waals surface area contributed by atoms with E-state index in [1.165, 1.54) is 44.9 Å². The van der Waals surface area contributed by atoms with E-state index in [4.69, 9.17) is 10.5 Å². The van der Waals surface area contributed by atoms with Crippen LogP contribution in [0, 0.1) is 29.6 Å². The van der Waals surface area contributed by atoms with Gasteiger partial charge in [0.05, 0.1) is 0 Å². The lowest BCUT2D eigenvalue weighted by molar-refractivity contribution is 0.0366. The van der Waals surface area contributed by atoms with Crippen LogP contribution in [0.2, 0.25) is 0 Å². The molecule has 21 heavy (non-hydrogen) atoms. The highest BCUT2D eigenvalue weighted by molar-refractivity contribution is 5.64. The molecule has 4 rings (SSSR count). The van der Waals surface area contributed by atoms with Crippen LogP contribution in [0.3, 0.4) is 0 Å². The number of carbonyl (C=O) groups excluding carboxylic acids is 1. The maximum atomic E-state index is 11.0. The molecule has 0 aromatic heterocycles. The van der Waals surface area contributed by atoms with Gasteiger partial charge in [-0.05, 0) is 68.1 Å². The second-order valence-electron chi connectivity index (χ2n) is 7.72. The van der Waals surface area contributed by atoms with Crippen molar-refractivity contribution in [3.63, 3.8) is 0 Å². The number of primary amides is 1. The summed E-state index contributed by atoms with van der Waals surface area (Å²) >= 11 is 0. The Morgan fingerprint density at radius 2 is 1.95 bits per heavy atom. The molecule has 0 radical (unpaired) electrons. The first-order valence-corrected chi connectivity index (χ1v) is 8.87. The van der Waals surface area contributed by atoms with Gasteiger partial charge in [0.25, 0.3) is 0 Å². The minimum atomic E-state index is -0.612. The number of amides is 1. The number of rotatable bonds is 1. The SMILES string of the molecule is NC(=O)OC1CCC2C(=CCC3C4CCCC4CCC23)C1. The zero-order valence-corrected chi connectivity index (χ0v) is 12.8. The lowest BCUT2D eigenvalue weighted by Crippen LogP contribution is -2.41. The van der Waals surface area contributed by atoms with Crippen LogP contribution in [0.5, 0.6) is 0 Å². The van der Waals surface area contributed by atoms with E-state index in [1.54, 1.807) is 5.57 Å². The Hall–Kier alpha value is -0.990. The van der Waals surface area contributed by atoms with Gasteiger partial charge in [-0.1, -0.05) is 24.5 Å². The summed E-state index contributed by atoms with van der Waals surface area (Å²) in [5.74, 6) is 4.70. The van der Waals surface area contributed by atoms with Crippen molar-refractivity contribution in [3.05, 3.63) is 11.6 Å². The number of fused-ring (bicyclic) bond motifs is 5. The van der Waals surface area contributed by atoms with Crippen LogP contribution in [0.4, 0.5) is 4.79 Å². The normalized spacial score (nSPS) is 45.0. The molecule has 3 fully saturated rings. The second kappa shape index (κ2) is 5.33. The van der Waals surface area contributed by atoms with Crippen molar-refractivity contribution >= 4 is 6.09 Å². The molecule has 2 N–H and O–H groups in total. The molecule has 116 valence electrons. The quantitative estimate of drug-likeness (QED) is 0.741. The summed E-state index contributed by atoms with van der Waals surface area (Å²) in [5, 5.41) is 0. The van der Waals surface area contributed by atoms with Gasteiger partial charge in [-0.2, -0.15) is 0 Å². The molecule has 0 aromatic carbocycles. The second-order valence-corrected chi connectivity index (χ2v) is 7.72. The van der Waals surface area contributed by atoms with Crippen molar-refractivity contribution < 1.29 is 9.53 Å². The number of carbonyl (C=O) groups is 1. The van der Waals surface area contributed by atoms with E-state index in [0.29, 0.717) is 0 Å². The lowest BCUT2D eigenvalue weighted by Gasteiger charge is -2.49. The first kappa shape index (κ1) is 13.7. The molecule has 0 bridgehead atoms. The van der Waals surface area contributed by atoms with Gasteiger partial charge in [0.15, 0.2) is 0 Å². The molecule has 0 heterocycles. The van der Waals surface area contributed by atoms with Gasteiger partial charge in [-0.15, -0.1) is 0 Å². The van der Waals surface area contributed by atoms with Crippen LogP contribution in [0.25, 0.3) is 0 Å². The monoisotopic (exact) mass is 289 g/mol. The number of ether oxygens (including phenoxy) is 1. The van der Waals surface area contributed by atoms with Crippen molar-refractivity contribution in [2.75, 3.05) is 0 Å². The molecule has 0 saturated heterocycles. The zero-order valence-electron chi connectivity index (χ0n) is 12.8. The number of hydrogen-bond acceptors (Lipinski definition) is 2. The van der Waals surface area contributed by atoms with Crippen LogP contribution < -0.4 is 5.73 Å². The van der Waals surface area contributed by atoms with Gasteiger partial charge < -0.3 is 10.5 Å². The van der Waals surface area contributed by atoms with E-state index in [9.17, 15) is 4.79 Å². The molecule has 3 nitrogen and oxygen atoms in total. The maximum Gasteiger partial charge on any atom is 0.404 e. The topological polar surface area (TPSA) is 52.3 Å².